The van der Waals surface area contributed by atoms with E-state index in [-0.39, 0.29) is 13.2 Å². The molecule has 2 aromatic carbocycles. The minimum absolute atomic E-state index is 0.0299. The van der Waals surface area contributed by atoms with Gasteiger partial charge in [-0.2, -0.15) is 0 Å². The van der Waals surface area contributed by atoms with Crippen molar-refractivity contribution in [2.75, 3.05) is 62.4 Å². The lowest BCUT2D eigenvalue weighted by Crippen LogP contribution is -2.44. The van der Waals surface area contributed by atoms with Crippen molar-refractivity contribution in [2.24, 2.45) is 0 Å². The van der Waals surface area contributed by atoms with Crippen molar-refractivity contribution in [3.8, 4) is 0 Å². The van der Waals surface area contributed by atoms with E-state index in [1.165, 1.54) is 5.69 Å². The van der Waals surface area contributed by atoms with Crippen molar-refractivity contribution < 1.29 is 14.6 Å². The number of carbonyl (C=O) groups excluding carboxylic acids is 1. The number of nitrogen functional groups attached to an aromatic ring is 1. The number of rotatable bonds is 6. The van der Waals surface area contributed by atoms with Crippen LogP contribution in [0.4, 0.5) is 22.7 Å². The molecule has 144 valence electrons. The molecule has 1 heterocycles. The summed E-state index contributed by atoms with van der Waals surface area (Å²) in [4.78, 5) is 16.5. The van der Waals surface area contributed by atoms with Gasteiger partial charge in [0.1, 0.15) is 6.61 Å². The standard InChI is InChI=1S/C20H26N4O3/c1-23-7-9-24(10-8-23)17-4-2-3-16(14-17)22-19-6-5-15(13-18(19)21)20(26)27-12-11-25/h2-6,13-14,22,25H,7-12,21H2,1H3. The fourth-order valence-corrected chi connectivity index (χ4v) is 3.03. The molecular formula is C20H26N4O3. The summed E-state index contributed by atoms with van der Waals surface area (Å²) in [5.74, 6) is -0.501. The lowest BCUT2D eigenvalue weighted by molar-refractivity contribution is 0.0434. The summed E-state index contributed by atoms with van der Waals surface area (Å²) in [6, 6.07) is 13.2. The largest absolute Gasteiger partial charge is 0.460 e. The summed E-state index contributed by atoms with van der Waals surface area (Å²) < 4.78 is 4.91. The minimum atomic E-state index is -0.501. The normalized spacial score (nSPS) is 14.8. The summed E-state index contributed by atoms with van der Waals surface area (Å²) in [7, 11) is 2.14. The first-order chi connectivity index (χ1) is 13.1. The molecule has 1 fully saturated rings. The first-order valence-electron chi connectivity index (χ1n) is 9.05. The Morgan fingerprint density at radius 1 is 1.19 bits per heavy atom. The molecular weight excluding hydrogens is 344 g/mol. The number of esters is 1. The highest BCUT2D eigenvalue weighted by atomic mass is 16.5. The summed E-state index contributed by atoms with van der Waals surface area (Å²) >= 11 is 0. The number of aliphatic hydroxyl groups excluding tert-OH is 1. The number of nitrogens with two attached hydrogens (primary N) is 1. The number of piperazine rings is 1. The number of nitrogens with one attached hydrogen (secondary N) is 1. The van der Waals surface area contributed by atoms with Gasteiger partial charge in [0.25, 0.3) is 0 Å². The molecule has 1 saturated heterocycles. The average Bonchev–Trinajstić information content (AvgIpc) is 2.68. The van der Waals surface area contributed by atoms with Gasteiger partial charge in [-0.25, -0.2) is 4.79 Å². The molecule has 7 nitrogen and oxygen atoms in total. The molecule has 0 aliphatic carbocycles. The number of hydrogen-bond acceptors (Lipinski definition) is 7. The number of nitrogens with zero attached hydrogens (tertiary/aromatic N) is 2. The van der Waals surface area contributed by atoms with Crippen molar-refractivity contribution >= 4 is 28.7 Å². The van der Waals surface area contributed by atoms with Crippen LogP contribution in [0.15, 0.2) is 42.5 Å². The second kappa shape index (κ2) is 8.75. The van der Waals surface area contributed by atoms with E-state index in [9.17, 15) is 4.79 Å². The second-order valence-corrected chi connectivity index (χ2v) is 6.63. The monoisotopic (exact) mass is 370 g/mol. The minimum Gasteiger partial charge on any atom is -0.460 e. The van der Waals surface area contributed by atoms with E-state index in [0.29, 0.717) is 11.3 Å². The lowest BCUT2D eigenvalue weighted by atomic mass is 10.1. The molecule has 0 bridgehead atoms. The number of aliphatic hydroxyl groups is 1. The topological polar surface area (TPSA) is 91.1 Å². The lowest BCUT2D eigenvalue weighted by Gasteiger charge is -2.34. The highest BCUT2D eigenvalue weighted by molar-refractivity contribution is 5.92. The Kier molecular flexibility index (Phi) is 6.16. The maximum atomic E-state index is 11.8. The van der Waals surface area contributed by atoms with E-state index >= 15 is 0 Å². The molecule has 0 atom stereocenters. The van der Waals surface area contributed by atoms with Gasteiger partial charge >= 0.3 is 5.97 Å². The maximum absolute atomic E-state index is 11.8. The van der Waals surface area contributed by atoms with Crippen molar-refractivity contribution in [1.29, 1.82) is 0 Å². The Labute approximate surface area is 159 Å². The van der Waals surface area contributed by atoms with Gasteiger partial charge < -0.3 is 30.7 Å². The summed E-state index contributed by atoms with van der Waals surface area (Å²) in [6.45, 7) is 3.89. The first kappa shape index (κ1) is 19.0. The Balaban J connectivity index is 1.70. The molecule has 0 spiro atoms. The number of ether oxygens (including phenoxy) is 1. The maximum Gasteiger partial charge on any atom is 0.338 e. The number of anilines is 4. The summed E-state index contributed by atoms with van der Waals surface area (Å²) in [5.41, 5.74) is 9.75. The smallest absolute Gasteiger partial charge is 0.338 e. The molecule has 0 amide bonds. The number of likely N-dealkylation sites (N-methyl/N-ethyl adjacent to an activating group) is 1. The van der Waals surface area contributed by atoms with Gasteiger partial charge in [0.15, 0.2) is 0 Å². The molecule has 2 aromatic rings. The zero-order valence-corrected chi connectivity index (χ0v) is 15.5. The second-order valence-electron chi connectivity index (χ2n) is 6.63. The number of benzene rings is 2. The third-order valence-electron chi connectivity index (χ3n) is 4.61. The SMILES string of the molecule is CN1CCN(c2cccc(Nc3ccc(C(=O)OCCO)cc3N)c2)CC1. The molecule has 4 N–H and O–H groups in total. The third kappa shape index (κ3) is 4.90. The highest BCUT2D eigenvalue weighted by Gasteiger charge is 2.15. The van der Waals surface area contributed by atoms with Crippen molar-refractivity contribution in [3.05, 3.63) is 48.0 Å². The van der Waals surface area contributed by atoms with Crippen LogP contribution in [0.3, 0.4) is 0 Å². The van der Waals surface area contributed by atoms with E-state index in [0.717, 1.165) is 37.6 Å². The molecule has 1 aliphatic rings. The Bertz CT molecular complexity index is 789. The van der Waals surface area contributed by atoms with Crippen molar-refractivity contribution in [3.63, 3.8) is 0 Å². The van der Waals surface area contributed by atoms with Gasteiger partial charge in [0.05, 0.1) is 23.5 Å². The van der Waals surface area contributed by atoms with Crippen LogP contribution in [-0.4, -0.2) is 62.4 Å². The fraction of sp³-hybridized carbons (Fsp3) is 0.350. The van der Waals surface area contributed by atoms with E-state index in [4.69, 9.17) is 15.6 Å². The van der Waals surface area contributed by atoms with E-state index in [2.05, 4.69) is 34.3 Å². The van der Waals surface area contributed by atoms with Crippen LogP contribution in [0.1, 0.15) is 10.4 Å². The van der Waals surface area contributed by atoms with E-state index < -0.39 is 5.97 Å². The predicted octanol–water partition coefficient (Wildman–Crippen LogP) is 1.91. The molecule has 0 aromatic heterocycles. The zero-order chi connectivity index (χ0) is 19.2. The third-order valence-corrected chi connectivity index (χ3v) is 4.61. The number of hydrogen-bond donors (Lipinski definition) is 3. The molecule has 0 radical (unpaired) electrons. The Hall–Kier alpha value is -2.77. The fourth-order valence-electron chi connectivity index (χ4n) is 3.03. The van der Waals surface area contributed by atoms with Crippen molar-refractivity contribution in [2.45, 2.75) is 0 Å². The van der Waals surface area contributed by atoms with Crippen LogP contribution in [0.5, 0.6) is 0 Å². The van der Waals surface area contributed by atoms with Crippen LogP contribution >= 0.6 is 0 Å². The van der Waals surface area contributed by atoms with Gasteiger partial charge in [0, 0.05) is 37.6 Å². The van der Waals surface area contributed by atoms with Gasteiger partial charge in [-0.15, -0.1) is 0 Å². The van der Waals surface area contributed by atoms with Crippen LogP contribution < -0.4 is 16.0 Å². The predicted molar refractivity (Wildman–Crippen MR) is 108 cm³/mol. The highest BCUT2D eigenvalue weighted by Crippen LogP contribution is 2.27. The van der Waals surface area contributed by atoms with Crippen LogP contribution in [0.25, 0.3) is 0 Å². The Morgan fingerprint density at radius 3 is 2.67 bits per heavy atom. The molecule has 3 rings (SSSR count). The van der Waals surface area contributed by atoms with Crippen LogP contribution in [-0.2, 0) is 4.74 Å². The number of carbonyl (C=O) groups is 1. The average molecular weight is 370 g/mol. The van der Waals surface area contributed by atoms with E-state index in [1.807, 2.05) is 12.1 Å². The van der Waals surface area contributed by atoms with Gasteiger partial charge in [-0.05, 0) is 43.4 Å². The molecule has 0 unspecified atom stereocenters. The van der Waals surface area contributed by atoms with Crippen LogP contribution in [0.2, 0.25) is 0 Å². The summed E-state index contributed by atoms with van der Waals surface area (Å²) in [5, 5.41) is 12.1. The zero-order valence-electron chi connectivity index (χ0n) is 15.5. The van der Waals surface area contributed by atoms with E-state index in [1.54, 1.807) is 18.2 Å². The molecule has 7 heteroatoms. The van der Waals surface area contributed by atoms with Crippen LogP contribution in [0, 0.1) is 0 Å². The summed E-state index contributed by atoms with van der Waals surface area (Å²) in [6.07, 6.45) is 0. The quantitative estimate of drug-likeness (QED) is 0.528. The van der Waals surface area contributed by atoms with Gasteiger partial charge in [-0.1, -0.05) is 6.07 Å². The molecule has 0 saturated carbocycles. The Morgan fingerprint density at radius 2 is 1.96 bits per heavy atom. The van der Waals surface area contributed by atoms with Gasteiger partial charge in [-0.3, -0.25) is 0 Å². The molecule has 1 aliphatic heterocycles. The van der Waals surface area contributed by atoms with Gasteiger partial charge in [0.2, 0.25) is 0 Å². The molecule has 27 heavy (non-hydrogen) atoms. The van der Waals surface area contributed by atoms with Crippen molar-refractivity contribution in [1.82, 2.24) is 4.90 Å². The first-order valence-corrected chi connectivity index (χ1v) is 9.05.